The topological polar surface area (TPSA) is 94.9 Å². The summed E-state index contributed by atoms with van der Waals surface area (Å²) in [5.74, 6) is -4.04. The highest BCUT2D eigenvalue weighted by molar-refractivity contribution is 7.93. The predicted molar refractivity (Wildman–Crippen MR) is 131 cm³/mol. The van der Waals surface area contributed by atoms with Crippen LogP contribution in [0.15, 0.2) is 76.7 Å². The molecule has 8 nitrogen and oxygen atoms in total. The molecule has 0 saturated heterocycles. The number of sulfonamides is 1. The van der Waals surface area contributed by atoms with Gasteiger partial charge in [-0.3, -0.25) is 0 Å². The second-order valence-electron chi connectivity index (χ2n) is 7.65. The molecule has 0 fully saturated rings. The number of rotatable bonds is 9. The van der Waals surface area contributed by atoms with Crippen LogP contribution in [-0.4, -0.2) is 41.3 Å². The lowest BCUT2D eigenvalue weighted by Gasteiger charge is -2.24. The molecule has 1 aromatic heterocycles. The van der Waals surface area contributed by atoms with Gasteiger partial charge in [-0.15, -0.1) is 0 Å². The van der Waals surface area contributed by atoms with Crippen molar-refractivity contribution < 1.29 is 43.9 Å². The number of alkyl halides is 2. The molecule has 0 N–H and O–H groups in total. The van der Waals surface area contributed by atoms with Gasteiger partial charge in [0.05, 0.1) is 16.1 Å². The molecule has 0 aliphatic heterocycles. The average Bonchev–Trinajstić information content (AvgIpc) is 3.25. The third-order valence-electron chi connectivity index (χ3n) is 5.30. The van der Waals surface area contributed by atoms with Crippen LogP contribution in [-0.2, 0) is 24.8 Å². The fourth-order valence-corrected chi connectivity index (χ4v) is 6.84. The first kappa shape index (κ1) is 27.7. The van der Waals surface area contributed by atoms with Crippen LogP contribution in [0, 0.1) is 11.6 Å². The Hall–Kier alpha value is -3.33. The van der Waals surface area contributed by atoms with Gasteiger partial charge in [-0.25, -0.2) is 33.9 Å². The molecule has 0 spiro atoms. The van der Waals surface area contributed by atoms with E-state index in [4.69, 9.17) is 16.3 Å². The smallest absolute Gasteiger partial charge is 0.387 e. The van der Waals surface area contributed by atoms with E-state index >= 15 is 0 Å². The van der Waals surface area contributed by atoms with Gasteiger partial charge in [-0.2, -0.15) is 8.78 Å². The summed E-state index contributed by atoms with van der Waals surface area (Å²) < 4.78 is 119. The van der Waals surface area contributed by atoms with Gasteiger partial charge in [0.2, 0.25) is 0 Å². The van der Waals surface area contributed by atoms with E-state index in [1.54, 1.807) is 6.07 Å². The van der Waals surface area contributed by atoms with Gasteiger partial charge >= 0.3 is 6.61 Å². The number of nitrogens with zero attached hydrogens (tertiary/aromatic N) is 2. The van der Waals surface area contributed by atoms with E-state index in [9.17, 15) is 34.4 Å². The maximum absolute atomic E-state index is 14.9. The molecule has 0 aliphatic carbocycles. The lowest BCUT2D eigenvalue weighted by Crippen LogP contribution is -2.33. The number of methoxy groups -OCH3 is 1. The number of halogens is 5. The van der Waals surface area contributed by atoms with E-state index in [1.165, 1.54) is 42.5 Å². The predicted octanol–water partition coefficient (Wildman–Crippen LogP) is 5.21. The number of aromatic nitrogens is 1. The minimum absolute atomic E-state index is 0.0977. The molecule has 3 aromatic carbocycles. The van der Waals surface area contributed by atoms with Crippen LogP contribution >= 0.6 is 11.6 Å². The fraction of sp³-hybridized carbons (Fsp3) is 0.130. The van der Waals surface area contributed by atoms with Crippen molar-refractivity contribution in [1.29, 1.82) is 0 Å². The highest BCUT2D eigenvalue weighted by Gasteiger charge is 2.34. The van der Waals surface area contributed by atoms with Crippen molar-refractivity contribution in [2.45, 2.75) is 16.4 Å². The second-order valence-corrected chi connectivity index (χ2v) is 11.7. The molecular formula is C23H17ClF4N2O6S2. The number of hydrogen-bond donors (Lipinski definition) is 0. The second kappa shape index (κ2) is 10.4. The molecule has 0 bridgehead atoms. The normalized spacial score (nSPS) is 12.3. The van der Waals surface area contributed by atoms with Crippen molar-refractivity contribution >= 4 is 48.2 Å². The van der Waals surface area contributed by atoms with Gasteiger partial charge in [0, 0.05) is 35.8 Å². The summed E-state index contributed by atoms with van der Waals surface area (Å²) in [6.07, 6.45) is 0.809. The first-order chi connectivity index (χ1) is 17.9. The van der Waals surface area contributed by atoms with Gasteiger partial charge in [-0.05, 0) is 30.3 Å². The molecule has 0 aliphatic rings. The van der Waals surface area contributed by atoms with Gasteiger partial charge in [0.15, 0.2) is 17.4 Å². The molecular weight excluding hydrogens is 576 g/mol. The third-order valence-corrected chi connectivity index (χ3v) is 8.98. The van der Waals surface area contributed by atoms with Gasteiger partial charge in [0.1, 0.15) is 11.6 Å². The Morgan fingerprint density at radius 3 is 2.29 bits per heavy atom. The Balaban J connectivity index is 1.94. The van der Waals surface area contributed by atoms with Gasteiger partial charge in [0.25, 0.3) is 20.0 Å². The Bertz CT molecular complexity index is 1720. The van der Waals surface area contributed by atoms with Crippen molar-refractivity contribution in [3.05, 3.63) is 83.5 Å². The molecule has 0 saturated carbocycles. The van der Waals surface area contributed by atoms with E-state index in [2.05, 4.69) is 4.74 Å². The molecule has 0 atom stereocenters. The molecule has 0 amide bonds. The molecule has 202 valence electrons. The minimum Gasteiger partial charge on any atom is -0.432 e. The first-order valence-corrected chi connectivity index (χ1v) is 13.7. The zero-order chi connectivity index (χ0) is 27.8. The molecule has 1 heterocycles. The van der Waals surface area contributed by atoms with Crippen LogP contribution in [0.2, 0.25) is 5.02 Å². The van der Waals surface area contributed by atoms with Crippen LogP contribution in [0.5, 0.6) is 5.75 Å². The lowest BCUT2D eigenvalue weighted by molar-refractivity contribution is -0.0523. The largest absolute Gasteiger partial charge is 0.432 e. The number of benzene rings is 3. The highest BCUT2D eigenvalue weighted by atomic mass is 35.5. The summed E-state index contributed by atoms with van der Waals surface area (Å²) in [5.41, 5.74) is -1.00. The van der Waals surface area contributed by atoms with E-state index in [0.717, 1.165) is 13.3 Å². The summed E-state index contributed by atoms with van der Waals surface area (Å²) in [6.45, 7) is -4.31. The van der Waals surface area contributed by atoms with E-state index < -0.39 is 61.4 Å². The van der Waals surface area contributed by atoms with Gasteiger partial charge in [-0.1, -0.05) is 29.8 Å². The Morgan fingerprint density at radius 2 is 1.66 bits per heavy atom. The number of ether oxygens (including phenoxy) is 2. The SMILES string of the molecule is COCN(c1cc(F)c(OC(F)F)cc1F)S(=O)(=O)c1cn(S(=O)(=O)c2ccccc2)c2cc(Cl)ccc12. The maximum atomic E-state index is 14.9. The first-order valence-electron chi connectivity index (χ1n) is 10.4. The summed E-state index contributed by atoms with van der Waals surface area (Å²) in [6, 6.07) is 11.6. The minimum atomic E-state index is -4.87. The average molecular weight is 593 g/mol. The van der Waals surface area contributed by atoms with E-state index in [0.29, 0.717) is 14.3 Å². The van der Waals surface area contributed by atoms with Crippen LogP contribution < -0.4 is 9.04 Å². The van der Waals surface area contributed by atoms with Crippen LogP contribution in [0.4, 0.5) is 23.2 Å². The molecule has 15 heteroatoms. The Labute approximate surface area is 219 Å². The maximum Gasteiger partial charge on any atom is 0.387 e. The fourth-order valence-electron chi connectivity index (χ4n) is 3.65. The monoisotopic (exact) mass is 592 g/mol. The zero-order valence-corrected chi connectivity index (χ0v) is 21.6. The summed E-state index contributed by atoms with van der Waals surface area (Å²) in [4.78, 5) is -0.759. The number of hydrogen-bond acceptors (Lipinski definition) is 6. The van der Waals surface area contributed by atoms with Crippen LogP contribution in [0.25, 0.3) is 10.9 Å². The zero-order valence-electron chi connectivity index (χ0n) is 19.2. The number of anilines is 1. The van der Waals surface area contributed by atoms with Crippen molar-refractivity contribution in [3.8, 4) is 5.75 Å². The quantitative estimate of drug-likeness (QED) is 0.196. The molecule has 4 rings (SSSR count). The molecule has 0 unspecified atom stereocenters. The van der Waals surface area contributed by atoms with Crippen molar-refractivity contribution in [3.63, 3.8) is 0 Å². The van der Waals surface area contributed by atoms with E-state index in [1.807, 2.05) is 0 Å². The summed E-state index contributed by atoms with van der Waals surface area (Å²) in [7, 11) is -8.13. The standard InChI is InChI=1S/C23H17ClF4N2O6S2/c1-35-13-30(20-10-18(26)21(11-17(20)25)36-23(27)28)38(33,34)22-12-29(19-9-14(24)7-8-16(19)22)37(31,32)15-5-3-2-4-6-15/h2-12,23H,13H2,1H3. The Morgan fingerprint density at radius 1 is 0.974 bits per heavy atom. The third kappa shape index (κ3) is 5.04. The Kier molecular flexibility index (Phi) is 7.61. The lowest BCUT2D eigenvalue weighted by atomic mass is 10.2. The van der Waals surface area contributed by atoms with Crippen molar-refractivity contribution in [1.82, 2.24) is 3.97 Å². The molecule has 38 heavy (non-hydrogen) atoms. The number of fused-ring (bicyclic) bond motifs is 1. The van der Waals surface area contributed by atoms with Crippen molar-refractivity contribution in [2.24, 2.45) is 0 Å². The van der Waals surface area contributed by atoms with Crippen LogP contribution in [0.1, 0.15) is 0 Å². The molecule has 4 aromatic rings. The van der Waals surface area contributed by atoms with E-state index in [-0.39, 0.29) is 26.9 Å². The van der Waals surface area contributed by atoms with Crippen LogP contribution in [0.3, 0.4) is 0 Å². The van der Waals surface area contributed by atoms with Crippen molar-refractivity contribution in [2.75, 3.05) is 18.1 Å². The summed E-state index contributed by atoms with van der Waals surface area (Å²) >= 11 is 6.06. The molecule has 0 radical (unpaired) electrons. The van der Waals surface area contributed by atoms with Gasteiger partial charge < -0.3 is 9.47 Å². The summed E-state index contributed by atoms with van der Waals surface area (Å²) in [5, 5.41) is -0.00548. The highest BCUT2D eigenvalue weighted by Crippen LogP contribution is 2.36.